The van der Waals surface area contributed by atoms with Gasteiger partial charge in [-0.25, -0.2) is 0 Å². The third kappa shape index (κ3) is 6.76. The van der Waals surface area contributed by atoms with E-state index in [0.717, 1.165) is 5.57 Å². The number of pyridine rings is 1. The van der Waals surface area contributed by atoms with Gasteiger partial charge in [0.25, 0.3) is 0 Å². The maximum absolute atomic E-state index is 12.4. The second kappa shape index (κ2) is 12.2. The Kier molecular flexibility index (Phi) is 10.4. The highest BCUT2D eigenvalue weighted by Gasteiger charge is 2.18. The number of carbonyl (C=O) groups is 1. The summed E-state index contributed by atoms with van der Waals surface area (Å²) in [5, 5.41) is 11.3. The number of benzene rings is 1. The predicted molar refractivity (Wildman–Crippen MR) is 120 cm³/mol. The summed E-state index contributed by atoms with van der Waals surface area (Å²) in [5.74, 6) is 0.457. The molecule has 0 aliphatic rings. The van der Waals surface area contributed by atoms with E-state index in [0.29, 0.717) is 34.1 Å². The van der Waals surface area contributed by atoms with Crippen molar-refractivity contribution in [2.75, 3.05) is 21.0 Å². The molecule has 0 unspecified atom stereocenters. The fourth-order valence-corrected chi connectivity index (χ4v) is 2.64. The summed E-state index contributed by atoms with van der Waals surface area (Å²) < 4.78 is 16.0. The highest BCUT2D eigenvalue weighted by Crippen LogP contribution is 2.40. The summed E-state index contributed by atoms with van der Waals surface area (Å²) in [6.45, 7) is 3.96. The van der Waals surface area contributed by atoms with Crippen LogP contribution in [0.5, 0.6) is 17.2 Å². The molecule has 30 heavy (non-hydrogen) atoms. The average Bonchev–Trinajstić information content (AvgIpc) is 2.70. The Bertz CT molecular complexity index is 920. The molecule has 0 bridgehead atoms. The van der Waals surface area contributed by atoms with Crippen LogP contribution in [0.4, 0.5) is 0 Å². The molecule has 0 radical (unpaired) electrons. The minimum atomic E-state index is -0.325. The summed E-state index contributed by atoms with van der Waals surface area (Å²) in [6.07, 6.45) is 6.65. The number of hydrogen-bond donors (Lipinski definition) is 1. The lowest BCUT2D eigenvalue weighted by molar-refractivity contribution is 0.0502. The van der Waals surface area contributed by atoms with Crippen molar-refractivity contribution in [2.45, 2.75) is 20.3 Å². The highest BCUT2D eigenvalue weighted by molar-refractivity contribution is 6.30. The van der Waals surface area contributed by atoms with Gasteiger partial charge in [0.15, 0.2) is 6.79 Å². The monoisotopic (exact) mass is 453 g/mol. The fraction of sp³-hybridized carbons (Fsp3) is 0.273. The van der Waals surface area contributed by atoms with E-state index in [9.17, 15) is 9.90 Å². The van der Waals surface area contributed by atoms with Crippen molar-refractivity contribution in [1.29, 1.82) is 0 Å². The molecule has 2 rings (SSSR count). The SMILES string of the molecule is COCOc1cc(OC)c(/C=C/C(=O)c2ccc(Cl)cn2)c(O)c1CC=C(C)C.Cl. The molecule has 1 N–H and O–H groups in total. The molecular weight excluding hydrogens is 429 g/mol. The normalized spacial score (nSPS) is 10.4. The van der Waals surface area contributed by atoms with Crippen LogP contribution in [0.25, 0.3) is 6.08 Å². The van der Waals surface area contributed by atoms with Crippen molar-refractivity contribution >= 4 is 35.9 Å². The van der Waals surface area contributed by atoms with E-state index < -0.39 is 0 Å². The first-order chi connectivity index (χ1) is 13.9. The maximum Gasteiger partial charge on any atom is 0.204 e. The summed E-state index contributed by atoms with van der Waals surface area (Å²) in [7, 11) is 2.99. The molecule has 0 saturated carbocycles. The van der Waals surface area contributed by atoms with Gasteiger partial charge in [-0.15, -0.1) is 12.4 Å². The smallest absolute Gasteiger partial charge is 0.204 e. The first-order valence-corrected chi connectivity index (χ1v) is 9.27. The zero-order valence-corrected chi connectivity index (χ0v) is 18.8. The third-order valence-corrected chi connectivity index (χ3v) is 4.24. The highest BCUT2D eigenvalue weighted by atomic mass is 35.5. The maximum atomic E-state index is 12.4. The molecule has 1 heterocycles. The van der Waals surface area contributed by atoms with E-state index >= 15 is 0 Å². The van der Waals surface area contributed by atoms with E-state index in [-0.39, 0.29) is 36.4 Å². The number of halogens is 2. The van der Waals surface area contributed by atoms with E-state index in [1.54, 1.807) is 12.1 Å². The van der Waals surface area contributed by atoms with Crippen molar-refractivity contribution in [1.82, 2.24) is 4.98 Å². The topological polar surface area (TPSA) is 77.9 Å². The van der Waals surface area contributed by atoms with Crippen LogP contribution in [0.15, 0.2) is 42.1 Å². The molecule has 0 saturated heterocycles. The van der Waals surface area contributed by atoms with Crippen molar-refractivity contribution in [3.8, 4) is 17.2 Å². The summed E-state index contributed by atoms with van der Waals surface area (Å²) in [4.78, 5) is 16.4. The molecule has 162 valence electrons. The van der Waals surface area contributed by atoms with Crippen molar-refractivity contribution in [2.24, 2.45) is 0 Å². The number of allylic oxidation sites excluding steroid dienone is 3. The lowest BCUT2D eigenvalue weighted by Gasteiger charge is -2.16. The molecule has 1 aromatic heterocycles. The Hall–Kier alpha value is -2.54. The van der Waals surface area contributed by atoms with Gasteiger partial charge in [-0.2, -0.15) is 0 Å². The van der Waals surface area contributed by atoms with Gasteiger partial charge in [-0.1, -0.05) is 23.3 Å². The lowest BCUT2D eigenvalue weighted by atomic mass is 10.0. The first-order valence-electron chi connectivity index (χ1n) is 8.89. The van der Waals surface area contributed by atoms with Crippen LogP contribution in [0.2, 0.25) is 5.02 Å². The second-order valence-corrected chi connectivity index (χ2v) is 6.85. The number of methoxy groups -OCH3 is 2. The Morgan fingerprint density at radius 2 is 1.97 bits per heavy atom. The Balaban J connectivity index is 0.00000450. The van der Waals surface area contributed by atoms with Gasteiger partial charge in [-0.05, 0) is 44.6 Å². The Morgan fingerprint density at radius 1 is 1.23 bits per heavy atom. The summed E-state index contributed by atoms with van der Waals surface area (Å²) in [6, 6.07) is 4.79. The number of ketones is 1. The number of rotatable bonds is 9. The molecule has 0 fully saturated rings. The van der Waals surface area contributed by atoms with Crippen LogP contribution in [0.1, 0.15) is 35.5 Å². The summed E-state index contributed by atoms with van der Waals surface area (Å²) >= 11 is 5.80. The van der Waals surface area contributed by atoms with E-state index in [4.69, 9.17) is 25.8 Å². The van der Waals surface area contributed by atoms with Crippen LogP contribution in [0.3, 0.4) is 0 Å². The number of carbonyl (C=O) groups excluding carboxylic acids is 1. The van der Waals surface area contributed by atoms with E-state index in [1.807, 2.05) is 19.9 Å². The minimum Gasteiger partial charge on any atom is -0.507 e. The van der Waals surface area contributed by atoms with Crippen molar-refractivity contribution in [3.63, 3.8) is 0 Å². The number of nitrogens with zero attached hydrogens (tertiary/aromatic N) is 1. The molecule has 0 aliphatic heterocycles. The second-order valence-electron chi connectivity index (χ2n) is 6.41. The van der Waals surface area contributed by atoms with Gasteiger partial charge in [0, 0.05) is 24.9 Å². The quantitative estimate of drug-likeness (QED) is 0.241. The first kappa shape index (κ1) is 25.5. The molecule has 8 heteroatoms. The summed E-state index contributed by atoms with van der Waals surface area (Å²) in [5.41, 5.74) is 2.28. The number of ether oxygens (including phenoxy) is 3. The minimum absolute atomic E-state index is 0. The van der Waals surface area contributed by atoms with Gasteiger partial charge < -0.3 is 19.3 Å². The standard InChI is InChI=1S/C22H24ClNO5.ClH/c1-14(2)5-7-17-21(29-13-27-3)11-20(28-4)16(22(17)26)8-10-19(25)18-9-6-15(23)12-24-18;/h5-6,8-12,26H,7,13H2,1-4H3;1H/b10-8+;. The third-order valence-electron chi connectivity index (χ3n) is 4.01. The van der Waals surface area contributed by atoms with Gasteiger partial charge in [-0.3, -0.25) is 9.78 Å². The van der Waals surface area contributed by atoms with E-state index in [2.05, 4.69) is 4.98 Å². The lowest BCUT2D eigenvalue weighted by Crippen LogP contribution is -2.04. The van der Waals surface area contributed by atoms with Crippen molar-refractivity contribution < 1.29 is 24.1 Å². The van der Waals surface area contributed by atoms with Gasteiger partial charge in [0.2, 0.25) is 5.78 Å². The predicted octanol–water partition coefficient (Wildman–Crippen LogP) is 5.26. The molecular formula is C22H25Cl2NO5. The molecule has 6 nitrogen and oxygen atoms in total. The molecule has 0 spiro atoms. The van der Waals surface area contributed by atoms with E-state index in [1.165, 1.54) is 38.6 Å². The largest absolute Gasteiger partial charge is 0.507 e. The van der Waals surface area contributed by atoms with Crippen molar-refractivity contribution in [3.05, 3.63) is 64.0 Å². The zero-order valence-electron chi connectivity index (χ0n) is 17.3. The molecule has 0 atom stereocenters. The van der Waals surface area contributed by atoms with Gasteiger partial charge in [0.05, 0.1) is 17.7 Å². The number of phenols is 1. The fourth-order valence-electron chi connectivity index (χ4n) is 2.53. The van der Waals surface area contributed by atoms with Crippen LogP contribution in [-0.4, -0.2) is 36.9 Å². The van der Waals surface area contributed by atoms with Crippen LogP contribution in [-0.2, 0) is 11.2 Å². The van der Waals surface area contributed by atoms with Crippen LogP contribution in [0, 0.1) is 0 Å². The number of aromatic hydroxyl groups is 1. The number of hydrogen-bond acceptors (Lipinski definition) is 6. The Labute approximate surface area is 187 Å². The molecule has 0 aliphatic carbocycles. The molecule has 1 aromatic carbocycles. The molecule has 0 amide bonds. The number of phenolic OH excluding ortho intramolecular Hbond substituents is 1. The number of aromatic nitrogens is 1. The Morgan fingerprint density at radius 3 is 2.53 bits per heavy atom. The van der Waals surface area contributed by atoms with Gasteiger partial charge >= 0.3 is 0 Å². The zero-order chi connectivity index (χ0) is 21.4. The van der Waals surface area contributed by atoms with Crippen LogP contribution >= 0.6 is 24.0 Å². The molecule has 2 aromatic rings. The van der Waals surface area contributed by atoms with Crippen LogP contribution < -0.4 is 9.47 Å². The van der Waals surface area contributed by atoms with Gasteiger partial charge in [0.1, 0.15) is 22.9 Å². The average molecular weight is 454 g/mol.